The minimum absolute atomic E-state index is 0. The smallest absolute Gasteiger partial charge is 0.191 e. The maximum Gasteiger partial charge on any atom is 0.191 e. The van der Waals surface area contributed by atoms with Crippen LogP contribution in [0.15, 0.2) is 29.3 Å². The summed E-state index contributed by atoms with van der Waals surface area (Å²) in [6.45, 7) is 7.37. The molecule has 1 fully saturated rings. The van der Waals surface area contributed by atoms with E-state index in [1.54, 1.807) is 7.11 Å². The number of hydrogen-bond donors (Lipinski definition) is 2. The van der Waals surface area contributed by atoms with Crippen LogP contribution in [0, 0.1) is 0 Å². The highest BCUT2D eigenvalue weighted by atomic mass is 127. The molecule has 1 aromatic rings. The van der Waals surface area contributed by atoms with E-state index in [1.807, 2.05) is 25.2 Å². The van der Waals surface area contributed by atoms with Gasteiger partial charge in [-0.1, -0.05) is 19.1 Å². The van der Waals surface area contributed by atoms with Crippen molar-refractivity contribution in [3.8, 4) is 5.75 Å². The average molecular weight is 476 g/mol. The molecule has 1 atom stereocenters. The molecule has 0 radical (unpaired) electrons. The van der Waals surface area contributed by atoms with Crippen molar-refractivity contribution in [2.24, 2.45) is 4.99 Å². The van der Waals surface area contributed by atoms with Crippen LogP contribution in [0.2, 0.25) is 0 Å². The second-order valence-corrected chi connectivity index (χ2v) is 6.22. The highest BCUT2D eigenvalue weighted by Gasteiger charge is 2.22. The highest BCUT2D eigenvalue weighted by Crippen LogP contribution is 2.15. The fourth-order valence-corrected chi connectivity index (χ4v) is 3.15. The van der Waals surface area contributed by atoms with Gasteiger partial charge in [-0.3, -0.25) is 9.89 Å². The van der Waals surface area contributed by atoms with Crippen LogP contribution in [0.5, 0.6) is 5.75 Å². The normalized spacial score (nSPS) is 17.7. The number of guanidine groups is 1. The number of likely N-dealkylation sites (N-methyl/N-ethyl adjacent to an activating group) is 1. The number of hydrogen-bond acceptors (Lipinski definition) is 4. The quantitative estimate of drug-likeness (QED) is 0.248. The molecule has 2 N–H and O–H groups in total. The van der Waals surface area contributed by atoms with E-state index in [-0.39, 0.29) is 24.0 Å². The molecule has 0 spiro atoms. The molecule has 0 aliphatic carbocycles. The Labute approximate surface area is 174 Å². The summed E-state index contributed by atoms with van der Waals surface area (Å²) in [5, 5.41) is 6.83. The summed E-state index contributed by atoms with van der Waals surface area (Å²) < 4.78 is 10.7. The third-order valence-electron chi connectivity index (χ3n) is 4.55. The molecule has 1 unspecified atom stereocenters. The second-order valence-electron chi connectivity index (χ2n) is 6.22. The molecular weight excluding hydrogens is 443 g/mol. The summed E-state index contributed by atoms with van der Waals surface area (Å²) in [6.07, 6.45) is 2.56. The molecule has 1 heterocycles. The summed E-state index contributed by atoms with van der Waals surface area (Å²) in [6, 6.07) is 8.71. The van der Waals surface area contributed by atoms with Gasteiger partial charge in [0.2, 0.25) is 0 Å². The number of benzene rings is 1. The predicted octanol–water partition coefficient (Wildman–Crippen LogP) is 2.48. The first-order chi connectivity index (χ1) is 12.3. The van der Waals surface area contributed by atoms with E-state index in [1.165, 1.54) is 19.4 Å². The molecule has 1 saturated heterocycles. The molecule has 26 heavy (non-hydrogen) atoms. The van der Waals surface area contributed by atoms with Gasteiger partial charge < -0.3 is 20.1 Å². The number of nitrogens with zero attached hydrogens (tertiary/aromatic N) is 2. The van der Waals surface area contributed by atoms with E-state index in [0.29, 0.717) is 25.8 Å². The SMILES string of the molecule is CCN1CCCC1CNC(=NC)NCc1cccc(OCCOC)c1.I. The van der Waals surface area contributed by atoms with Gasteiger partial charge in [-0.05, 0) is 43.6 Å². The number of rotatable bonds is 9. The van der Waals surface area contributed by atoms with Gasteiger partial charge in [0.25, 0.3) is 0 Å². The number of ether oxygens (including phenoxy) is 2. The molecule has 0 aromatic heterocycles. The van der Waals surface area contributed by atoms with Gasteiger partial charge in [-0.2, -0.15) is 0 Å². The van der Waals surface area contributed by atoms with E-state index < -0.39 is 0 Å². The summed E-state index contributed by atoms with van der Waals surface area (Å²) in [4.78, 5) is 6.86. The number of nitrogens with one attached hydrogen (secondary N) is 2. The Morgan fingerprint density at radius 3 is 2.88 bits per heavy atom. The van der Waals surface area contributed by atoms with E-state index >= 15 is 0 Å². The van der Waals surface area contributed by atoms with Gasteiger partial charge in [-0.15, -0.1) is 24.0 Å². The zero-order valence-corrected chi connectivity index (χ0v) is 18.5. The van der Waals surface area contributed by atoms with E-state index in [4.69, 9.17) is 9.47 Å². The van der Waals surface area contributed by atoms with E-state index in [9.17, 15) is 0 Å². The fraction of sp³-hybridized carbons (Fsp3) is 0.632. The van der Waals surface area contributed by atoms with Gasteiger partial charge in [0.1, 0.15) is 12.4 Å². The van der Waals surface area contributed by atoms with Crippen LogP contribution in [-0.4, -0.2) is 63.9 Å². The summed E-state index contributed by atoms with van der Waals surface area (Å²) in [7, 11) is 3.49. The van der Waals surface area contributed by atoms with Crippen molar-refractivity contribution in [2.75, 3.05) is 47.0 Å². The molecule has 1 aromatic carbocycles. The zero-order valence-electron chi connectivity index (χ0n) is 16.2. The molecule has 0 saturated carbocycles. The molecule has 1 aliphatic rings. The summed E-state index contributed by atoms with van der Waals surface area (Å²) in [5.74, 6) is 1.71. The minimum atomic E-state index is 0. The van der Waals surface area contributed by atoms with Crippen LogP contribution < -0.4 is 15.4 Å². The third kappa shape index (κ3) is 7.67. The Morgan fingerprint density at radius 2 is 2.15 bits per heavy atom. The topological polar surface area (TPSA) is 58.1 Å². The molecule has 7 heteroatoms. The molecule has 148 valence electrons. The maximum atomic E-state index is 5.66. The largest absolute Gasteiger partial charge is 0.491 e. The number of aliphatic imine (C=N–C) groups is 1. The first-order valence-electron chi connectivity index (χ1n) is 9.16. The molecule has 0 bridgehead atoms. The molecule has 0 amide bonds. The van der Waals surface area contributed by atoms with Gasteiger partial charge in [0, 0.05) is 33.3 Å². The van der Waals surface area contributed by atoms with Crippen LogP contribution in [0.4, 0.5) is 0 Å². The third-order valence-corrected chi connectivity index (χ3v) is 4.55. The lowest BCUT2D eigenvalue weighted by molar-refractivity contribution is 0.146. The Kier molecular flexibility index (Phi) is 11.6. The van der Waals surface area contributed by atoms with Crippen LogP contribution in [-0.2, 0) is 11.3 Å². The lowest BCUT2D eigenvalue weighted by Gasteiger charge is -2.24. The molecular formula is C19H33IN4O2. The number of halogens is 1. The van der Waals surface area contributed by atoms with Crippen molar-refractivity contribution in [1.29, 1.82) is 0 Å². The van der Waals surface area contributed by atoms with Crippen molar-refractivity contribution in [3.05, 3.63) is 29.8 Å². The Balaban J connectivity index is 0.00000338. The van der Waals surface area contributed by atoms with Crippen molar-refractivity contribution in [2.45, 2.75) is 32.4 Å². The van der Waals surface area contributed by atoms with Gasteiger partial charge >= 0.3 is 0 Å². The Hall–Kier alpha value is -1.06. The van der Waals surface area contributed by atoms with Crippen molar-refractivity contribution in [3.63, 3.8) is 0 Å². The van der Waals surface area contributed by atoms with Crippen molar-refractivity contribution in [1.82, 2.24) is 15.5 Å². The standard InChI is InChI=1S/C19H32N4O2.HI/c1-4-23-10-6-8-17(23)15-22-19(20-2)21-14-16-7-5-9-18(13-16)25-12-11-24-3;/h5,7,9,13,17H,4,6,8,10-12,14-15H2,1-3H3,(H2,20,21,22);1H. The lowest BCUT2D eigenvalue weighted by Crippen LogP contribution is -2.44. The number of likely N-dealkylation sites (tertiary alicyclic amines) is 1. The molecule has 2 rings (SSSR count). The average Bonchev–Trinajstić information content (AvgIpc) is 3.10. The Morgan fingerprint density at radius 1 is 1.31 bits per heavy atom. The van der Waals surface area contributed by atoms with Crippen molar-refractivity contribution < 1.29 is 9.47 Å². The van der Waals surface area contributed by atoms with Crippen LogP contribution in [0.3, 0.4) is 0 Å². The van der Waals surface area contributed by atoms with Gasteiger partial charge in [0.05, 0.1) is 6.61 Å². The van der Waals surface area contributed by atoms with Crippen molar-refractivity contribution >= 4 is 29.9 Å². The Bertz CT molecular complexity index is 542. The zero-order chi connectivity index (χ0) is 17.9. The minimum Gasteiger partial charge on any atom is -0.491 e. The first-order valence-corrected chi connectivity index (χ1v) is 9.16. The number of methoxy groups -OCH3 is 1. The lowest BCUT2D eigenvalue weighted by atomic mass is 10.2. The summed E-state index contributed by atoms with van der Waals surface area (Å²) >= 11 is 0. The van der Waals surface area contributed by atoms with Crippen LogP contribution in [0.1, 0.15) is 25.3 Å². The second kappa shape index (κ2) is 13.2. The van der Waals surface area contributed by atoms with E-state index in [2.05, 4.69) is 33.5 Å². The summed E-state index contributed by atoms with van der Waals surface area (Å²) in [5.41, 5.74) is 1.16. The molecule has 6 nitrogen and oxygen atoms in total. The van der Waals surface area contributed by atoms with Gasteiger partial charge in [-0.25, -0.2) is 0 Å². The predicted molar refractivity (Wildman–Crippen MR) is 118 cm³/mol. The van der Waals surface area contributed by atoms with E-state index in [0.717, 1.165) is 30.4 Å². The van der Waals surface area contributed by atoms with Crippen LogP contribution in [0.25, 0.3) is 0 Å². The molecule has 1 aliphatic heterocycles. The first kappa shape index (κ1) is 23.0. The monoisotopic (exact) mass is 476 g/mol. The van der Waals surface area contributed by atoms with Gasteiger partial charge in [0.15, 0.2) is 5.96 Å². The van der Waals surface area contributed by atoms with Crippen LogP contribution >= 0.6 is 24.0 Å². The fourth-order valence-electron chi connectivity index (χ4n) is 3.15. The maximum absolute atomic E-state index is 5.66. The highest BCUT2D eigenvalue weighted by molar-refractivity contribution is 14.0.